The average molecular weight is 303 g/mol. The number of nitriles is 1. The SMILES string of the molecule is C=CCn1cc(C(F)(F)F)nc1-c1ccc(C#N)cc1C=C. The molecule has 1 aromatic heterocycles. The Bertz CT molecular complexity index is 764. The number of imidazole rings is 1. The van der Waals surface area contributed by atoms with E-state index in [1.54, 1.807) is 12.1 Å². The van der Waals surface area contributed by atoms with E-state index < -0.39 is 11.9 Å². The number of hydrogen-bond acceptors (Lipinski definition) is 2. The first-order valence-corrected chi connectivity index (χ1v) is 6.33. The zero-order chi connectivity index (χ0) is 16.3. The predicted octanol–water partition coefficient (Wildman–Crippen LogP) is 4.27. The summed E-state index contributed by atoms with van der Waals surface area (Å²) >= 11 is 0. The van der Waals surface area contributed by atoms with Gasteiger partial charge in [0.05, 0.1) is 11.6 Å². The van der Waals surface area contributed by atoms with Crippen LogP contribution in [0.5, 0.6) is 0 Å². The van der Waals surface area contributed by atoms with Gasteiger partial charge in [-0.3, -0.25) is 0 Å². The lowest BCUT2D eigenvalue weighted by molar-refractivity contribution is -0.140. The molecule has 0 aliphatic heterocycles. The summed E-state index contributed by atoms with van der Waals surface area (Å²) in [5, 5.41) is 8.90. The van der Waals surface area contributed by atoms with Crippen LogP contribution in [-0.2, 0) is 12.7 Å². The van der Waals surface area contributed by atoms with Gasteiger partial charge in [0, 0.05) is 18.3 Å². The molecule has 0 spiro atoms. The van der Waals surface area contributed by atoms with Gasteiger partial charge >= 0.3 is 6.18 Å². The maximum absolute atomic E-state index is 12.9. The van der Waals surface area contributed by atoms with Gasteiger partial charge in [-0.15, -0.1) is 6.58 Å². The van der Waals surface area contributed by atoms with E-state index in [-0.39, 0.29) is 12.4 Å². The van der Waals surface area contributed by atoms with Crippen molar-refractivity contribution < 1.29 is 13.2 Å². The molecule has 0 radical (unpaired) electrons. The van der Waals surface area contributed by atoms with Gasteiger partial charge < -0.3 is 4.57 Å². The van der Waals surface area contributed by atoms with Crippen LogP contribution in [0.1, 0.15) is 16.8 Å². The van der Waals surface area contributed by atoms with Crippen molar-refractivity contribution in [2.75, 3.05) is 0 Å². The summed E-state index contributed by atoms with van der Waals surface area (Å²) in [5.74, 6) is 0.159. The number of halogens is 3. The number of nitrogens with zero attached hydrogens (tertiary/aromatic N) is 3. The van der Waals surface area contributed by atoms with Crippen molar-refractivity contribution in [3.8, 4) is 17.5 Å². The number of allylic oxidation sites excluding steroid dienone is 1. The Kier molecular flexibility index (Phi) is 4.18. The molecular formula is C16H12F3N3. The Morgan fingerprint density at radius 1 is 1.32 bits per heavy atom. The maximum Gasteiger partial charge on any atom is 0.434 e. The molecule has 2 rings (SSSR count). The van der Waals surface area contributed by atoms with Gasteiger partial charge in [-0.1, -0.05) is 18.7 Å². The zero-order valence-electron chi connectivity index (χ0n) is 11.6. The van der Waals surface area contributed by atoms with Crippen molar-refractivity contribution in [3.63, 3.8) is 0 Å². The molecule has 1 heterocycles. The number of benzene rings is 1. The second-order valence-corrected chi connectivity index (χ2v) is 4.51. The predicted molar refractivity (Wildman–Crippen MR) is 77.7 cm³/mol. The van der Waals surface area contributed by atoms with E-state index in [1.807, 2.05) is 6.07 Å². The fraction of sp³-hybridized carbons (Fsp3) is 0.125. The van der Waals surface area contributed by atoms with Crippen LogP contribution in [0.25, 0.3) is 17.5 Å². The van der Waals surface area contributed by atoms with E-state index in [9.17, 15) is 13.2 Å². The fourth-order valence-corrected chi connectivity index (χ4v) is 2.05. The van der Waals surface area contributed by atoms with Crippen LogP contribution in [0, 0.1) is 11.3 Å². The molecule has 0 aliphatic rings. The van der Waals surface area contributed by atoms with Gasteiger partial charge in [0.15, 0.2) is 5.69 Å². The molecule has 0 bridgehead atoms. The number of alkyl halides is 3. The summed E-state index contributed by atoms with van der Waals surface area (Å²) in [4.78, 5) is 3.69. The third-order valence-corrected chi connectivity index (χ3v) is 3.03. The monoisotopic (exact) mass is 303 g/mol. The highest BCUT2D eigenvalue weighted by Crippen LogP contribution is 2.32. The van der Waals surface area contributed by atoms with E-state index in [0.29, 0.717) is 16.7 Å². The molecule has 0 fully saturated rings. The minimum atomic E-state index is -4.53. The molecule has 3 nitrogen and oxygen atoms in total. The summed E-state index contributed by atoms with van der Waals surface area (Å²) in [6.07, 6.45) is -0.608. The molecule has 6 heteroatoms. The number of rotatable bonds is 4. The van der Waals surface area contributed by atoms with Crippen molar-refractivity contribution in [2.24, 2.45) is 0 Å². The lowest BCUT2D eigenvalue weighted by atomic mass is 10.0. The van der Waals surface area contributed by atoms with Crippen molar-refractivity contribution >= 4 is 6.08 Å². The van der Waals surface area contributed by atoms with Gasteiger partial charge in [-0.25, -0.2) is 4.98 Å². The molecule has 0 atom stereocenters. The number of hydrogen-bond donors (Lipinski definition) is 0. The Labute approximate surface area is 125 Å². The van der Waals surface area contributed by atoms with E-state index in [4.69, 9.17) is 5.26 Å². The molecule has 0 saturated carbocycles. The Balaban J connectivity index is 2.66. The number of aromatic nitrogens is 2. The van der Waals surface area contributed by atoms with Crippen LogP contribution in [0.2, 0.25) is 0 Å². The van der Waals surface area contributed by atoms with Crippen LogP contribution in [-0.4, -0.2) is 9.55 Å². The first-order chi connectivity index (χ1) is 10.4. The van der Waals surface area contributed by atoms with Crippen LogP contribution in [0.15, 0.2) is 43.6 Å². The second-order valence-electron chi connectivity index (χ2n) is 4.51. The molecule has 22 heavy (non-hydrogen) atoms. The summed E-state index contributed by atoms with van der Waals surface area (Å²) in [6, 6.07) is 6.63. The van der Waals surface area contributed by atoms with Gasteiger partial charge in [0.1, 0.15) is 5.82 Å². The van der Waals surface area contributed by atoms with Crippen molar-refractivity contribution in [3.05, 3.63) is 60.5 Å². The standard InChI is InChI=1S/C16H12F3N3/c1-3-7-22-10-14(16(17,18)19)21-15(22)13-6-5-11(9-20)8-12(13)4-2/h3-6,8,10H,1-2,7H2. The molecule has 112 valence electrons. The average Bonchev–Trinajstić information content (AvgIpc) is 2.91. The largest absolute Gasteiger partial charge is 0.434 e. The van der Waals surface area contributed by atoms with Gasteiger partial charge in [-0.05, 0) is 23.8 Å². The van der Waals surface area contributed by atoms with Crippen molar-refractivity contribution in [1.82, 2.24) is 9.55 Å². The highest BCUT2D eigenvalue weighted by molar-refractivity contribution is 5.72. The maximum atomic E-state index is 12.9. The molecule has 0 aliphatic carbocycles. The van der Waals surface area contributed by atoms with Gasteiger partial charge in [0.25, 0.3) is 0 Å². The quantitative estimate of drug-likeness (QED) is 0.791. The minimum absolute atomic E-state index is 0.159. The van der Waals surface area contributed by atoms with Crippen LogP contribution < -0.4 is 0 Å². The zero-order valence-corrected chi connectivity index (χ0v) is 11.6. The van der Waals surface area contributed by atoms with Crippen LogP contribution in [0.4, 0.5) is 13.2 Å². The third kappa shape index (κ3) is 2.93. The lowest BCUT2D eigenvalue weighted by Gasteiger charge is -2.08. The summed E-state index contributed by atoms with van der Waals surface area (Å²) in [5.41, 5.74) is 0.454. The molecular weight excluding hydrogens is 291 g/mol. The Morgan fingerprint density at radius 3 is 2.59 bits per heavy atom. The fourth-order valence-electron chi connectivity index (χ4n) is 2.05. The van der Waals surface area contributed by atoms with Crippen LogP contribution in [0.3, 0.4) is 0 Å². The Morgan fingerprint density at radius 2 is 2.05 bits per heavy atom. The highest BCUT2D eigenvalue weighted by Gasteiger charge is 2.35. The minimum Gasteiger partial charge on any atom is -0.327 e. The first-order valence-electron chi connectivity index (χ1n) is 6.33. The topological polar surface area (TPSA) is 41.6 Å². The van der Waals surface area contributed by atoms with E-state index in [2.05, 4.69) is 18.1 Å². The summed E-state index contributed by atoms with van der Waals surface area (Å²) in [7, 11) is 0. The molecule has 0 N–H and O–H groups in total. The molecule has 0 saturated heterocycles. The van der Waals surface area contributed by atoms with E-state index in [0.717, 1.165) is 6.20 Å². The summed E-state index contributed by atoms with van der Waals surface area (Å²) < 4.78 is 40.0. The Hall–Kier alpha value is -2.81. The van der Waals surface area contributed by atoms with Crippen LogP contribution >= 0.6 is 0 Å². The van der Waals surface area contributed by atoms with Crippen molar-refractivity contribution in [2.45, 2.75) is 12.7 Å². The highest BCUT2D eigenvalue weighted by atomic mass is 19.4. The second kappa shape index (κ2) is 5.90. The first kappa shape index (κ1) is 15.6. The van der Waals surface area contributed by atoms with E-state index >= 15 is 0 Å². The molecule has 0 unspecified atom stereocenters. The normalized spacial score (nSPS) is 11.0. The molecule has 2 aromatic rings. The smallest absolute Gasteiger partial charge is 0.327 e. The van der Waals surface area contributed by atoms with Crippen molar-refractivity contribution in [1.29, 1.82) is 5.26 Å². The van der Waals surface area contributed by atoms with Gasteiger partial charge in [-0.2, -0.15) is 18.4 Å². The molecule has 0 amide bonds. The third-order valence-electron chi connectivity index (χ3n) is 3.03. The lowest BCUT2D eigenvalue weighted by Crippen LogP contribution is -2.05. The van der Waals surface area contributed by atoms with E-state index in [1.165, 1.54) is 22.8 Å². The van der Waals surface area contributed by atoms with Gasteiger partial charge in [0.2, 0.25) is 0 Å². The summed E-state index contributed by atoms with van der Waals surface area (Å²) in [6.45, 7) is 7.36. The molecule has 1 aromatic carbocycles.